The number of hydrogen-bond acceptors (Lipinski definition) is 4. The molecule has 0 spiro atoms. The third-order valence-corrected chi connectivity index (χ3v) is 5.41. The van der Waals surface area contributed by atoms with Crippen molar-refractivity contribution in [2.24, 2.45) is 0 Å². The second-order valence-electron chi connectivity index (χ2n) is 8.29. The zero-order valence-electron chi connectivity index (χ0n) is 19.8. The van der Waals surface area contributed by atoms with Crippen LogP contribution in [0.5, 0.6) is 5.75 Å². The lowest BCUT2D eigenvalue weighted by atomic mass is 9.96. The van der Waals surface area contributed by atoms with Crippen molar-refractivity contribution < 1.29 is 24.2 Å². The Kier molecular flexibility index (Phi) is 7.11. The van der Waals surface area contributed by atoms with Crippen molar-refractivity contribution in [2.45, 2.75) is 0 Å². The summed E-state index contributed by atoms with van der Waals surface area (Å²) in [6.07, 6.45) is 2.03. The highest BCUT2D eigenvalue weighted by molar-refractivity contribution is 6.14. The monoisotopic (exact) mass is 480 g/mol. The third-order valence-electron chi connectivity index (χ3n) is 5.41. The molecule has 2 amide bonds. The number of carbonyl (C=O) groups is 3. The van der Waals surface area contributed by atoms with E-state index < -0.39 is 12.1 Å². The first-order valence-electron chi connectivity index (χ1n) is 11.1. The van der Waals surface area contributed by atoms with Crippen molar-refractivity contribution in [2.75, 3.05) is 19.4 Å². The van der Waals surface area contributed by atoms with Crippen LogP contribution in [0.4, 0.5) is 10.5 Å². The van der Waals surface area contributed by atoms with Crippen molar-refractivity contribution in [3.63, 3.8) is 0 Å². The number of carboxylic acids is 1. The Morgan fingerprint density at radius 3 is 2.42 bits per heavy atom. The van der Waals surface area contributed by atoms with Gasteiger partial charge in [0.25, 0.3) is 5.91 Å². The van der Waals surface area contributed by atoms with Gasteiger partial charge in [0.1, 0.15) is 5.75 Å². The standard InChI is InChI=1S/C29H24N2O5/c1-31(2)29(35)36-24-11-6-9-20(17-24)22-16-21-8-3-4-12-25(21)26(18-22)28(34)30-23-10-5-7-19(15-23)13-14-27(32)33/h3-18H,1-2H3,(H,30,34)(H,32,33). The van der Waals surface area contributed by atoms with Crippen molar-refractivity contribution in [3.8, 4) is 16.9 Å². The number of carbonyl (C=O) groups excluding carboxylic acids is 2. The van der Waals surface area contributed by atoms with Crippen LogP contribution in [0.25, 0.3) is 28.0 Å². The second-order valence-corrected chi connectivity index (χ2v) is 8.29. The van der Waals surface area contributed by atoms with Gasteiger partial charge in [-0.2, -0.15) is 0 Å². The molecule has 0 aliphatic heterocycles. The van der Waals surface area contributed by atoms with Crippen LogP contribution in [0.15, 0.2) is 91.0 Å². The molecule has 2 N–H and O–H groups in total. The average molecular weight is 481 g/mol. The Labute approximate surface area is 208 Å². The molecule has 0 radical (unpaired) electrons. The number of hydrogen-bond donors (Lipinski definition) is 2. The minimum absolute atomic E-state index is 0.303. The lowest BCUT2D eigenvalue weighted by Crippen LogP contribution is -2.25. The molecule has 4 aromatic rings. The molecule has 36 heavy (non-hydrogen) atoms. The maximum absolute atomic E-state index is 13.4. The van der Waals surface area contributed by atoms with E-state index in [2.05, 4.69) is 5.32 Å². The van der Waals surface area contributed by atoms with E-state index in [9.17, 15) is 14.4 Å². The van der Waals surface area contributed by atoms with Gasteiger partial charge in [0.2, 0.25) is 0 Å². The molecular weight excluding hydrogens is 456 g/mol. The van der Waals surface area contributed by atoms with E-state index in [1.165, 1.54) is 11.0 Å². The number of amides is 2. The average Bonchev–Trinajstić information content (AvgIpc) is 2.87. The lowest BCUT2D eigenvalue weighted by molar-refractivity contribution is -0.131. The smallest absolute Gasteiger partial charge is 0.414 e. The number of rotatable bonds is 6. The van der Waals surface area contributed by atoms with Crippen molar-refractivity contribution in [1.82, 2.24) is 4.90 Å². The van der Waals surface area contributed by atoms with Gasteiger partial charge in [-0.05, 0) is 69.9 Å². The highest BCUT2D eigenvalue weighted by Gasteiger charge is 2.14. The van der Waals surface area contributed by atoms with Gasteiger partial charge in [-0.1, -0.05) is 48.5 Å². The summed E-state index contributed by atoms with van der Waals surface area (Å²) in [5.74, 6) is -0.951. The Hall–Kier alpha value is -4.91. The molecule has 0 saturated heterocycles. The first-order valence-corrected chi connectivity index (χ1v) is 11.1. The van der Waals surface area contributed by atoms with E-state index in [0.717, 1.165) is 28.0 Å². The normalized spacial score (nSPS) is 10.8. The second kappa shape index (κ2) is 10.6. The molecule has 4 rings (SSSR count). The minimum atomic E-state index is -1.05. The molecule has 0 atom stereocenters. The van der Waals surface area contributed by atoms with E-state index in [0.29, 0.717) is 22.6 Å². The molecule has 7 heteroatoms. The van der Waals surface area contributed by atoms with Crippen LogP contribution in [0, 0.1) is 0 Å². The highest BCUT2D eigenvalue weighted by Crippen LogP contribution is 2.30. The predicted molar refractivity (Wildman–Crippen MR) is 140 cm³/mol. The van der Waals surface area contributed by atoms with E-state index in [-0.39, 0.29) is 5.91 Å². The molecule has 180 valence electrons. The van der Waals surface area contributed by atoms with Gasteiger partial charge < -0.3 is 20.1 Å². The molecule has 0 unspecified atom stereocenters. The van der Waals surface area contributed by atoms with Crippen LogP contribution >= 0.6 is 0 Å². The van der Waals surface area contributed by atoms with Gasteiger partial charge in [0, 0.05) is 31.4 Å². The summed E-state index contributed by atoms with van der Waals surface area (Å²) in [6, 6.07) is 25.4. The number of nitrogens with zero attached hydrogens (tertiary/aromatic N) is 1. The fraction of sp³-hybridized carbons (Fsp3) is 0.0690. The van der Waals surface area contributed by atoms with Gasteiger partial charge in [-0.3, -0.25) is 4.79 Å². The zero-order chi connectivity index (χ0) is 25.7. The van der Waals surface area contributed by atoms with Crippen LogP contribution in [0.2, 0.25) is 0 Å². The highest BCUT2D eigenvalue weighted by atomic mass is 16.6. The fourth-order valence-corrected chi connectivity index (χ4v) is 3.68. The Bertz CT molecular complexity index is 1490. The fourth-order valence-electron chi connectivity index (χ4n) is 3.68. The molecule has 0 aliphatic rings. The molecule has 0 saturated carbocycles. The van der Waals surface area contributed by atoms with Crippen LogP contribution in [-0.4, -0.2) is 42.1 Å². The van der Waals surface area contributed by atoms with Crippen LogP contribution < -0.4 is 10.1 Å². The number of carboxylic acid groups (broad SMARTS) is 1. The largest absolute Gasteiger partial charge is 0.478 e. The van der Waals surface area contributed by atoms with E-state index in [1.807, 2.05) is 36.4 Å². The number of benzene rings is 4. The van der Waals surface area contributed by atoms with Gasteiger partial charge in [0.05, 0.1) is 0 Å². The van der Waals surface area contributed by atoms with Gasteiger partial charge in [-0.25, -0.2) is 9.59 Å². The summed E-state index contributed by atoms with van der Waals surface area (Å²) >= 11 is 0. The van der Waals surface area contributed by atoms with Crippen molar-refractivity contribution >= 4 is 40.5 Å². The lowest BCUT2D eigenvalue weighted by Gasteiger charge is -2.13. The minimum Gasteiger partial charge on any atom is -0.478 e. The summed E-state index contributed by atoms with van der Waals surface area (Å²) in [4.78, 5) is 37.5. The van der Waals surface area contributed by atoms with Gasteiger partial charge in [0.15, 0.2) is 0 Å². The number of aliphatic carboxylic acids is 1. The molecule has 0 heterocycles. The van der Waals surface area contributed by atoms with E-state index >= 15 is 0 Å². The number of anilines is 1. The SMILES string of the molecule is CN(C)C(=O)Oc1cccc(-c2cc(C(=O)Nc3cccc(C=CC(=O)O)c3)c3ccccc3c2)c1. The van der Waals surface area contributed by atoms with Crippen molar-refractivity contribution in [3.05, 3.63) is 102 Å². The Morgan fingerprint density at radius 1 is 0.861 bits per heavy atom. The van der Waals surface area contributed by atoms with Gasteiger partial charge in [-0.15, -0.1) is 0 Å². The Balaban J connectivity index is 1.69. The number of ether oxygens (including phenoxy) is 1. The molecule has 4 aromatic carbocycles. The van der Waals surface area contributed by atoms with Crippen LogP contribution in [0.3, 0.4) is 0 Å². The summed E-state index contributed by atoms with van der Waals surface area (Å²) in [7, 11) is 3.22. The van der Waals surface area contributed by atoms with Gasteiger partial charge >= 0.3 is 12.1 Å². The summed E-state index contributed by atoms with van der Waals surface area (Å²) in [5, 5.41) is 13.4. The molecule has 0 aromatic heterocycles. The van der Waals surface area contributed by atoms with E-state index in [1.54, 1.807) is 62.6 Å². The summed E-state index contributed by atoms with van der Waals surface area (Å²) < 4.78 is 5.39. The van der Waals surface area contributed by atoms with Crippen LogP contribution in [0.1, 0.15) is 15.9 Å². The predicted octanol–water partition coefficient (Wildman–Crippen LogP) is 5.92. The quantitative estimate of drug-likeness (QED) is 0.334. The third kappa shape index (κ3) is 5.77. The summed E-state index contributed by atoms with van der Waals surface area (Å²) in [6.45, 7) is 0. The maximum Gasteiger partial charge on any atom is 0.414 e. The molecule has 7 nitrogen and oxygen atoms in total. The van der Waals surface area contributed by atoms with E-state index in [4.69, 9.17) is 9.84 Å². The number of nitrogens with one attached hydrogen (secondary N) is 1. The molecule has 0 aliphatic carbocycles. The molecular formula is C29H24N2O5. The Morgan fingerprint density at radius 2 is 1.64 bits per heavy atom. The van der Waals surface area contributed by atoms with Crippen LogP contribution in [-0.2, 0) is 4.79 Å². The first kappa shape index (κ1) is 24.2. The molecule has 0 fully saturated rings. The molecule has 0 bridgehead atoms. The van der Waals surface area contributed by atoms with Crippen molar-refractivity contribution in [1.29, 1.82) is 0 Å². The first-order chi connectivity index (χ1) is 17.3. The maximum atomic E-state index is 13.4. The number of fused-ring (bicyclic) bond motifs is 1. The zero-order valence-corrected chi connectivity index (χ0v) is 19.8. The summed E-state index contributed by atoms with van der Waals surface area (Å²) in [5.41, 5.74) is 3.25. The topological polar surface area (TPSA) is 95.9 Å².